The van der Waals surface area contributed by atoms with Crippen LogP contribution in [0.1, 0.15) is 32.8 Å². The van der Waals surface area contributed by atoms with Crippen LogP contribution in [0.3, 0.4) is 0 Å². The van der Waals surface area contributed by atoms with Crippen LogP contribution in [0.4, 0.5) is 5.69 Å². The molecule has 0 spiro atoms. The number of aliphatic hydroxyl groups is 1. The van der Waals surface area contributed by atoms with Gasteiger partial charge in [-0.15, -0.1) is 24.0 Å². The predicted molar refractivity (Wildman–Crippen MR) is 128 cm³/mol. The molecule has 0 amide bonds. The van der Waals surface area contributed by atoms with E-state index in [-0.39, 0.29) is 24.0 Å². The number of aryl methyl sites for hydroxylation is 1. The molecular formula is C21H37IN4O2. The van der Waals surface area contributed by atoms with Gasteiger partial charge in [-0.05, 0) is 38.3 Å². The molecule has 2 rings (SSSR count). The molecule has 2 unspecified atom stereocenters. The molecule has 1 saturated heterocycles. The predicted octanol–water partition coefficient (Wildman–Crippen LogP) is 2.78. The number of aliphatic imine (C=N–C) groups is 1. The van der Waals surface area contributed by atoms with Gasteiger partial charge in [-0.2, -0.15) is 0 Å². The molecule has 1 aromatic carbocycles. The summed E-state index contributed by atoms with van der Waals surface area (Å²) >= 11 is 0. The Morgan fingerprint density at radius 3 is 2.64 bits per heavy atom. The summed E-state index contributed by atoms with van der Waals surface area (Å²) in [4.78, 5) is 6.93. The number of hydrogen-bond acceptors (Lipinski definition) is 4. The minimum absolute atomic E-state index is 0. The van der Waals surface area contributed by atoms with Crippen molar-refractivity contribution in [1.82, 2.24) is 10.6 Å². The van der Waals surface area contributed by atoms with Gasteiger partial charge in [0.05, 0.1) is 19.3 Å². The summed E-state index contributed by atoms with van der Waals surface area (Å²) in [5, 5.41) is 16.8. The van der Waals surface area contributed by atoms with E-state index in [0.29, 0.717) is 31.7 Å². The minimum atomic E-state index is -0.577. The van der Waals surface area contributed by atoms with E-state index >= 15 is 0 Å². The zero-order valence-corrected chi connectivity index (χ0v) is 20.0. The number of hydrogen-bond donors (Lipinski definition) is 3. The van der Waals surface area contributed by atoms with Gasteiger partial charge < -0.3 is 25.4 Å². The van der Waals surface area contributed by atoms with E-state index in [1.54, 1.807) is 0 Å². The van der Waals surface area contributed by atoms with Crippen LogP contribution in [0, 0.1) is 12.8 Å². The van der Waals surface area contributed by atoms with Crippen LogP contribution in [0.15, 0.2) is 29.3 Å². The van der Waals surface area contributed by atoms with Crippen LogP contribution in [-0.2, 0) is 4.74 Å². The van der Waals surface area contributed by atoms with Crippen LogP contribution in [0.5, 0.6) is 0 Å². The van der Waals surface area contributed by atoms with Gasteiger partial charge in [0.25, 0.3) is 0 Å². The van der Waals surface area contributed by atoms with Crippen molar-refractivity contribution >= 4 is 35.6 Å². The second kappa shape index (κ2) is 13.2. The van der Waals surface area contributed by atoms with Gasteiger partial charge >= 0.3 is 0 Å². The standard InChI is InChI=1S/C21H36N4O2.HI/c1-5-22-21(23-12-20(26)15-27-14-16(2)3)24-18-10-11-25(13-18)19-8-6-17(4)7-9-19;/h6-9,16,18,20,26H,5,10-15H2,1-4H3,(H2,22,23,24);1H. The number of benzene rings is 1. The molecule has 28 heavy (non-hydrogen) atoms. The lowest BCUT2D eigenvalue weighted by Crippen LogP contribution is -2.45. The number of rotatable bonds is 9. The van der Waals surface area contributed by atoms with Gasteiger partial charge in [-0.1, -0.05) is 31.5 Å². The van der Waals surface area contributed by atoms with E-state index in [1.165, 1.54) is 11.3 Å². The Morgan fingerprint density at radius 1 is 1.29 bits per heavy atom. The molecule has 0 radical (unpaired) electrons. The molecule has 1 aliphatic heterocycles. The van der Waals surface area contributed by atoms with Crippen LogP contribution < -0.4 is 15.5 Å². The summed E-state index contributed by atoms with van der Waals surface area (Å²) in [6.07, 6.45) is 0.491. The van der Waals surface area contributed by atoms with Crippen molar-refractivity contribution in [3.63, 3.8) is 0 Å². The maximum Gasteiger partial charge on any atom is 0.191 e. The van der Waals surface area contributed by atoms with Crippen LogP contribution in [-0.4, -0.2) is 62.6 Å². The molecule has 160 valence electrons. The summed E-state index contributed by atoms with van der Waals surface area (Å²) in [7, 11) is 0. The van der Waals surface area contributed by atoms with E-state index in [4.69, 9.17) is 4.74 Å². The average Bonchev–Trinajstić information content (AvgIpc) is 3.08. The number of halogens is 1. The molecule has 0 aromatic heterocycles. The van der Waals surface area contributed by atoms with E-state index in [9.17, 15) is 5.11 Å². The molecule has 1 aliphatic rings. The second-order valence-corrected chi connectivity index (χ2v) is 7.72. The molecule has 6 nitrogen and oxygen atoms in total. The van der Waals surface area contributed by atoms with Crippen molar-refractivity contribution < 1.29 is 9.84 Å². The van der Waals surface area contributed by atoms with Crippen molar-refractivity contribution in [2.75, 3.05) is 44.3 Å². The Hall–Kier alpha value is -1.06. The second-order valence-electron chi connectivity index (χ2n) is 7.72. The number of guanidine groups is 1. The Balaban J connectivity index is 0.00000392. The van der Waals surface area contributed by atoms with Crippen molar-refractivity contribution in [3.05, 3.63) is 29.8 Å². The van der Waals surface area contributed by atoms with Crippen molar-refractivity contribution in [2.45, 2.75) is 46.3 Å². The monoisotopic (exact) mass is 504 g/mol. The largest absolute Gasteiger partial charge is 0.389 e. The lowest BCUT2D eigenvalue weighted by molar-refractivity contribution is 0.0301. The molecule has 0 bridgehead atoms. The van der Waals surface area contributed by atoms with Crippen molar-refractivity contribution in [3.8, 4) is 0 Å². The molecule has 0 aliphatic carbocycles. The van der Waals surface area contributed by atoms with Crippen molar-refractivity contribution in [1.29, 1.82) is 0 Å². The normalized spacial score (nSPS) is 18.1. The first-order valence-electron chi connectivity index (χ1n) is 10.1. The Morgan fingerprint density at radius 2 is 2.00 bits per heavy atom. The third-order valence-electron chi connectivity index (χ3n) is 4.49. The zero-order chi connectivity index (χ0) is 19.6. The molecule has 1 fully saturated rings. The van der Waals surface area contributed by atoms with Crippen molar-refractivity contribution in [2.24, 2.45) is 10.9 Å². The highest BCUT2D eigenvalue weighted by atomic mass is 127. The first-order valence-corrected chi connectivity index (χ1v) is 10.1. The third kappa shape index (κ3) is 8.96. The molecule has 2 atom stereocenters. The maximum absolute atomic E-state index is 10.1. The fourth-order valence-electron chi connectivity index (χ4n) is 3.07. The van der Waals surface area contributed by atoms with E-state index in [1.807, 2.05) is 6.92 Å². The number of ether oxygens (including phenoxy) is 1. The minimum Gasteiger partial charge on any atom is -0.389 e. The topological polar surface area (TPSA) is 69.1 Å². The Bertz CT molecular complexity index is 580. The highest BCUT2D eigenvalue weighted by Gasteiger charge is 2.23. The van der Waals surface area contributed by atoms with Gasteiger partial charge in [-0.3, -0.25) is 4.99 Å². The SMILES string of the molecule is CCNC(=NCC(O)COCC(C)C)NC1CCN(c2ccc(C)cc2)C1.I. The van der Waals surface area contributed by atoms with E-state index in [2.05, 4.69) is 65.6 Å². The van der Waals surface area contributed by atoms with Gasteiger partial charge in [0.15, 0.2) is 5.96 Å². The van der Waals surface area contributed by atoms with Crippen LogP contribution in [0.25, 0.3) is 0 Å². The fraction of sp³-hybridized carbons (Fsp3) is 0.667. The lowest BCUT2D eigenvalue weighted by atomic mass is 10.2. The van der Waals surface area contributed by atoms with Gasteiger partial charge in [0, 0.05) is 38.0 Å². The molecule has 0 saturated carbocycles. The van der Waals surface area contributed by atoms with Crippen LogP contribution in [0.2, 0.25) is 0 Å². The molecular weight excluding hydrogens is 467 g/mol. The first-order chi connectivity index (χ1) is 13.0. The highest BCUT2D eigenvalue weighted by molar-refractivity contribution is 14.0. The molecule has 1 aromatic rings. The Labute approximate surface area is 187 Å². The zero-order valence-electron chi connectivity index (χ0n) is 17.6. The van der Waals surface area contributed by atoms with Gasteiger partial charge in [0.1, 0.15) is 0 Å². The first kappa shape index (κ1) is 25.0. The van der Waals surface area contributed by atoms with E-state index < -0.39 is 6.10 Å². The molecule has 1 heterocycles. The Kier molecular flexibility index (Phi) is 11.8. The lowest BCUT2D eigenvalue weighted by Gasteiger charge is -2.21. The smallest absolute Gasteiger partial charge is 0.191 e. The number of aliphatic hydroxyl groups excluding tert-OH is 1. The molecule has 7 heteroatoms. The third-order valence-corrected chi connectivity index (χ3v) is 4.49. The maximum atomic E-state index is 10.1. The summed E-state index contributed by atoms with van der Waals surface area (Å²) in [6, 6.07) is 9.03. The quantitative estimate of drug-likeness (QED) is 0.274. The summed E-state index contributed by atoms with van der Waals surface area (Å²) < 4.78 is 5.49. The average molecular weight is 504 g/mol. The van der Waals surface area contributed by atoms with E-state index in [0.717, 1.165) is 32.0 Å². The number of nitrogens with zero attached hydrogens (tertiary/aromatic N) is 2. The highest BCUT2D eigenvalue weighted by Crippen LogP contribution is 2.20. The number of anilines is 1. The summed E-state index contributed by atoms with van der Waals surface area (Å²) in [5.41, 5.74) is 2.55. The fourth-order valence-corrected chi connectivity index (χ4v) is 3.07. The summed E-state index contributed by atoms with van der Waals surface area (Å²) in [6.45, 7) is 12.5. The van der Waals surface area contributed by atoms with Gasteiger partial charge in [-0.25, -0.2) is 0 Å². The summed E-state index contributed by atoms with van der Waals surface area (Å²) in [5.74, 6) is 1.23. The molecule has 3 N–H and O–H groups in total. The van der Waals surface area contributed by atoms with Gasteiger partial charge in [0.2, 0.25) is 0 Å². The number of nitrogens with one attached hydrogen (secondary N) is 2. The van der Waals surface area contributed by atoms with Crippen LogP contribution >= 0.6 is 24.0 Å².